The lowest BCUT2D eigenvalue weighted by atomic mass is 9.87. The smallest absolute Gasteiger partial charge is 0.0132 e. The fourth-order valence-corrected chi connectivity index (χ4v) is 2.20. The summed E-state index contributed by atoms with van der Waals surface area (Å²) in [5.74, 6) is 0. The van der Waals surface area contributed by atoms with E-state index in [9.17, 15) is 0 Å². The molecule has 3 aromatic rings. The molecule has 0 aliphatic carbocycles. The van der Waals surface area contributed by atoms with Gasteiger partial charge in [-0.2, -0.15) is 0 Å². The zero-order valence-electron chi connectivity index (χ0n) is 13.7. The van der Waals surface area contributed by atoms with Gasteiger partial charge in [-0.3, -0.25) is 0 Å². The van der Waals surface area contributed by atoms with Gasteiger partial charge in [0.2, 0.25) is 0 Å². The Kier molecular flexibility index (Phi) is 5.55. The van der Waals surface area contributed by atoms with Gasteiger partial charge in [-0.25, -0.2) is 0 Å². The average molecular weight is 288 g/mol. The summed E-state index contributed by atoms with van der Waals surface area (Å²) < 4.78 is 0. The lowest BCUT2D eigenvalue weighted by Gasteiger charge is -2.18. The molecule has 0 fully saturated rings. The number of hydrogen-bond donors (Lipinski definition) is 0. The first-order valence-corrected chi connectivity index (χ1v) is 7.73. The second-order valence-corrected chi connectivity index (χ2v) is 6.35. The highest BCUT2D eigenvalue weighted by Crippen LogP contribution is 2.20. The van der Waals surface area contributed by atoms with Crippen molar-refractivity contribution < 1.29 is 0 Å². The largest absolute Gasteiger partial charge is 0.0622 e. The molecular formula is C22H24. The van der Waals surface area contributed by atoms with E-state index in [2.05, 4.69) is 99.6 Å². The Morgan fingerprint density at radius 2 is 0.773 bits per heavy atom. The quantitative estimate of drug-likeness (QED) is 0.490. The molecule has 0 aliphatic heterocycles. The van der Waals surface area contributed by atoms with Crippen molar-refractivity contribution in [3.05, 3.63) is 96.6 Å². The van der Waals surface area contributed by atoms with Crippen LogP contribution in [0.2, 0.25) is 0 Å². The Bertz CT molecular complexity index is 609. The molecule has 22 heavy (non-hydrogen) atoms. The minimum atomic E-state index is 0.293. The van der Waals surface area contributed by atoms with Crippen LogP contribution in [0.5, 0.6) is 0 Å². The lowest BCUT2D eigenvalue weighted by molar-refractivity contribution is 0.590. The topological polar surface area (TPSA) is 0 Å². The van der Waals surface area contributed by atoms with E-state index in [1.165, 1.54) is 16.7 Å². The van der Waals surface area contributed by atoms with Gasteiger partial charge in [0.05, 0.1) is 0 Å². The predicted molar refractivity (Wildman–Crippen MR) is 97.0 cm³/mol. The van der Waals surface area contributed by atoms with Crippen LogP contribution in [-0.2, 0) is 5.41 Å². The molecule has 0 aromatic heterocycles. The van der Waals surface area contributed by atoms with E-state index in [4.69, 9.17) is 0 Å². The maximum atomic E-state index is 2.22. The SMILES string of the molecule is CC(C)(C)c1ccccc1.c1ccc(-c2ccccc2)cc1. The molecule has 0 saturated carbocycles. The summed E-state index contributed by atoms with van der Waals surface area (Å²) in [6.07, 6.45) is 0. The van der Waals surface area contributed by atoms with E-state index < -0.39 is 0 Å². The Morgan fingerprint density at radius 1 is 0.455 bits per heavy atom. The highest BCUT2D eigenvalue weighted by Gasteiger charge is 2.11. The van der Waals surface area contributed by atoms with Crippen LogP contribution in [0.3, 0.4) is 0 Å². The third-order valence-electron chi connectivity index (χ3n) is 3.52. The highest BCUT2D eigenvalue weighted by atomic mass is 14.2. The first-order valence-electron chi connectivity index (χ1n) is 7.73. The summed E-state index contributed by atoms with van der Waals surface area (Å²) in [6, 6.07) is 31.3. The van der Waals surface area contributed by atoms with Crippen molar-refractivity contribution in [3.8, 4) is 11.1 Å². The normalized spacial score (nSPS) is 10.5. The van der Waals surface area contributed by atoms with Gasteiger partial charge in [0.15, 0.2) is 0 Å². The second kappa shape index (κ2) is 7.61. The molecule has 0 saturated heterocycles. The Labute approximate surface area is 134 Å². The molecule has 112 valence electrons. The van der Waals surface area contributed by atoms with Crippen LogP contribution in [-0.4, -0.2) is 0 Å². The second-order valence-electron chi connectivity index (χ2n) is 6.35. The molecule has 0 spiro atoms. The zero-order valence-corrected chi connectivity index (χ0v) is 13.7. The van der Waals surface area contributed by atoms with Crippen LogP contribution in [0.4, 0.5) is 0 Å². The summed E-state index contributed by atoms with van der Waals surface area (Å²) in [4.78, 5) is 0. The molecule has 0 aliphatic rings. The molecule has 0 heteroatoms. The van der Waals surface area contributed by atoms with Gasteiger partial charge in [-0.1, -0.05) is 112 Å². The van der Waals surface area contributed by atoms with Gasteiger partial charge < -0.3 is 0 Å². The van der Waals surface area contributed by atoms with Crippen LogP contribution in [0.15, 0.2) is 91.0 Å². The van der Waals surface area contributed by atoms with E-state index in [-0.39, 0.29) is 0 Å². The Balaban J connectivity index is 0.000000164. The summed E-state index contributed by atoms with van der Waals surface area (Å²) in [5.41, 5.74) is 4.24. The van der Waals surface area contributed by atoms with Gasteiger partial charge in [0.25, 0.3) is 0 Å². The van der Waals surface area contributed by atoms with Crippen molar-refractivity contribution in [2.24, 2.45) is 0 Å². The Hall–Kier alpha value is -2.34. The van der Waals surface area contributed by atoms with Crippen molar-refractivity contribution >= 4 is 0 Å². The van der Waals surface area contributed by atoms with Gasteiger partial charge in [-0.05, 0) is 22.1 Å². The monoisotopic (exact) mass is 288 g/mol. The van der Waals surface area contributed by atoms with Gasteiger partial charge >= 0.3 is 0 Å². The lowest BCUT2D eigenvalue weighted by Crippen LogP contribution is -2.10. The minimum absolute atomic E-state index is 0.293. The summed E-state index contributed by atoms with van der Waals surface area (Å²) in [5, 5.41) is 0. The van der Waals surface area contributed by atoms with Crippen molar-refractivity contribution in [3.63, 3.8) is 0 Å². The minimum Gasteiger partial charge on any atom is -0.0622 e. The van der Waals surface area contributed by atoms with Crippen LogP contribution in [0.25, 0.3) is 11.1 Å². The van der Waals surface area contributed by atoms with Crippen LogP contribution in [0, 0.1) is 0 Å². The molecular weight excluding hydrogens is 264 g/mol. The summed E-state index contributed by atoms with van der Waals surface area (Å²) in [6.45, 7) is 6.67. The maximum absolute atomic E-state index is 2.22. The van der Waals surface area contributed by atoms with E-state index in [1.54, 1.807) is 0 Å². The molecule has 0 nitrogen and oxygen atoms in total. The van der Waals surface area contributed by atoms with Gasteiger partial charge in [-0.15, -0.1) is 0 Å². The molecule has 0 heterocycles. The molecule has 0 radical (unpaired) electrons. The number of hydrogen-bond acceptors (Lipinski definition) is 0. The predicted octanol–water partition coefficient (Wildman–Crippen LogP) is 6.34. The van der Waals surface area contributed by atoms with E-state index in [1.807, 2.05) is 12.1 Å². The molecule has 3 rings (SSSR count). The van der Waals surface area contributed by atoms with Crippen LogP contribution >= 0.6 is 0 Å². The summed E-state index contributed by atoms with van der Waals surface area (Å²) in [7, 11) is 0. The molecule has 0 atom stereocenters. The Morgan fingerprint density at radius 3 is 1.05 bits per heavy atom. The highest BCUT2D eigenvalue weighted by molar-refractivity contribution is 5.62. The number of rotatable bonds is 1. The molecule has 0 N–H and O–H groups in total. The fraction of sp³-hybridized carbons (Fsp3) is 0.182. The molecule has 0 bridgehead atoms. The van der Waals surface area contributed by atoms with Gasteiger partial charge in [0.1, 0.15) is 0 Å². The maximum Gasteiger partial charge on any atom is -0.0132 e. The molecule has 0 unspecified atom stereocenters. The molecule has 0 amide bonds. The third-order valence-corrected chi connectivity index (χ3v) is 3.52. The van der Waals surface area contributed by atoms with Crippen LogP contribution in [0.1, 0.15) is 26.3 Å². The fourth-order valence-electron chi connectivity index (χ4n) is 2.20. The third kappa shape index (κ3) is 4.89. The average Bonchev–Trinajstić information content (AvgIpc) is 2.57. The van der Waals surface area contributed by atoms with E-state index in [0.717, 1.165) is 0 Å². The first-order chi connectivity index (χ1) is 10.6. The first kappa shape index (κ1) is 16.0. The van der Waals surface area contributed by atoms with E-state index in [0.29, 0.717) is 5.41 Å². The van der Waals surface area contributed by atoms with Crippen molar-refractivity contribution in [1.82, 2.24) is 0 Å². The van der Waals surface area contributed by atoms with Gasteiger partial charge in [0, 0.05) is 0 Å². The van der Waals surface area contributed by atoms with Crippen LogP contribution < -0.4 is 0 Å². The van der Waals surface area contributed by atoms with E-state index >= 15 is 0 Å². The summed E-state index contributed by atoms with van der Waals surface area (Å²) >= 11 is 0. The molecule has 3 aromatic carbocycles. The van der Waals surface area contributed by atoms with Crippen molar-refractivity contribution in [1.29, 1.82) is 0 Å². The standard InChI is InChI=1S/C12H10.C10H14/c1-3-7-11(8-4-1)12-9-5-2-6-10-12;1-10(2,3)9-7-5-4-6-8-9/h1-10H;4-8H,1-3H3. The van der Waals surface area contributed by atoms with Crippen molar-refractivity contribution in [2.75, 3.05) is 0 Å². The zero-order chi connectivity index (χ0) is 15.8. The number of benzene rings is 3. The van der Waals surface area contributed by atoms with Crippen molar-refractivity contribution in [2.45, 2.75) is 26.2 Å².